The Kier molecular flexibility index (Phi) is 17.7. The van der Waals surface area contributed by atoms with Gasteiger partial charge in [0.15, 0.2) is 17.3 Å². The summed E-state index contributed by atoms with van der Waals surface area (Å²) in [6, 6.07) is 3.42. The molecule has 89 heavy (non-hydrogen) atoms. The molecule has 2 aliphatic carbocycles. The average molecular weight is 1240 g/mol. The molecule has 10 atom stereocenters. The van der Waals surface area contributed by atoms with E-state index in [9.17, 15) is 48.8 Å². The van der Waals surface area contributed by atoms with E-state index in [0.717, 1.165) is 41.8 Å². The van der Waals surface area contributed by atoms with Crippen LogP contribution in [0.3, 0.4) is 0 Å². The second-order valence-electron chi connectivity index (χ2n) is 25.0. The van der Waals surface area contributed by atoms with Crippen LogP contribution in [0, 0.1) is 54.0 Å². The molecule has 1 unspecified atom stereocenters. The molecular weight excluding hydrogens is 1160 g/mol. The largest absolute Gasteiger partial charge is 0.507 e. The molecule has 4 aromatic rings. The lowest BCUT2D eigenvalue weighted by Crippen LogP contribution is -2.52. The molecule has 5 bridgehead atoms. The first-order valence-electron chi connectivity index (χ1n) is 30.1. The van der Waals surface area contributed by atoms with Crippen molar-refractivity contribution in [3.63, 3.8) is 0 Å². The number of halogens is 3. The number of phenolic OH excluding ortho intramolecular Hbond substituents is 1. The zero-order valence-electron chi connectivity index (χ0n) is 51.3. The quantitative estimate of drug-likeness (QED) is 0.104. The number of phenols is 1. The zero-order valence-corrected chi connectivity index (χ0v) is 51.3. The number of aliphatic hydroxyl groups excluding tert-OH is 2. The molecule has 24 heteroatoms. The number of likely N-dealkylation sites (tertiary alicyclic amines) is 1. The van der Waals surface area contributed by atoms with E-state index in [1.54, 1.807) is 49.6 Å². The van der Waals surface area contributed by atoms with Gasteiger partial charge in [-0.2, -0.15) is 0 Å². The van der Waals surface area contributed by atoms with E-state index >= 15 is 18.4 Å². The predicted octanol–water partition coefficient (Wildman–Crippen LogP) is 7.10. The lowest BCUT2D eigenvalue weighted by Gasteiger charge is -2.44. The molecule has 2 aromatic carbocycles. The Morgan fingerprint density at radius 1 is 0.865 bits per heavy atom. The minimum atomic E-state index is -2.09. The number of esters is 1. The molecule has 7 aliphatic rings. The standard InChI is InChI=1S/C65H75F3N6O15/c1-30-12-11-13-31(2)62(83)69-49-50(56(81)46-47(55(49)80)53(78)35(6)58-48(46)59(82)64(8,89-58)87-25-19-45(86-10)32(3)57(88-36(7)75)34(5)52(77)33(4)51(30)76)72-23-17-39(18-24-72)71(9)65(20-21-65)37-16-22-73(28-37)61-43(68)27-40-54(79)41(63(84)85)29-74(60(40)70-61)44-15-14-38(66)26-42(44)67/h11-15,26-27,29-30,32-34,37,39,45,51-52,57,76-78H,16-25,28H2,1-10H3,(H,69,83)(H,84,85)/b12-11+,31-13-/t30-,32+,33+,34+,37?,45-,51-,52+,57+,64-/m0/s1. The number of fused-ring (bicyclic) bond motifs is 16. The molecule has 5 aliphatic heterocycles. The molecule has 21 nitrogen and oxygen atoms in total. The summed E-state index contributed by atoms with van der Waals surface area (Å²) in [4.78, 5) is 108. The number of aromatic carboxylic acids is 1. The van der Waals surface area contributed by atoms with Gasteiger partial charge in [0.05, 0.1) is 52.7 Å². The Hall–Kier alpha value is -7.77. The number of methoxy groups -OCH3 is 1. The van der Waals surface area contributed by atoms with Crippen LogP contribution in [0.25, 0.3) is 16.7 Å². The van der Waals surface area contributed by atoms with Crippen LogP contribution in [0.2, 0.25) is 0 Å². The Labute approximate surface area is 511 Å². The van der Waals surface area contributed by atoms with Crippen molar-refractivity contribution in [3.8, 4) is 17.2 Å². The van der Waals surface area contributed by atoms with Gasteiger partial charge in [0.1, 0.15) is 46.2 Å². The number of allylic oxidation sites excluding steroid dienone is 4. The maximum atomic E-state index is 16.3. The third-order valence-electron chi connectivity index (χ3n) is 19.6. The average Bonchev–Trinajstić information content (AvgIpc) is 1.70. The number of ketones is 3. The lowest BCUT2D eigenvalue weighted by atomic mass is 9.78. The number of ether oxygens (including phenoxy) is 4. The van der Waals surface area contributed by atoms with Crippen molar-refractivity contribution < 1.29 is 81.3 Å². The zero-order chi connectivity index (χ0) is 64.6. The molecule has 0 spiro atoms. The van der Waals surface area contributed by atoms with Gasteiger partial charge < -0.3 is 54.5 Å². The van der Waals surface area contributed by atoms with Crippen molar-refractivity contribution in [1.29, 1.82) is 0 Å². The Bertz CT molecular complexity index is 3760. The number of nitrogens with zero attached hydrogens (tertiary/aromatic N) is 5. The monoisotopic (exact) mass is 1240 g/mol. The van der Waals surface area contributed by atoms with Crippen LogP contribution in [-0.4, -0.2) is 164 Å². The Balaban J connectivity index is 0.940. The van der Waals surface area contributed by atoms with Gasteiger partial charge >= 0.3 is 11.9 Å². The van der Waals surface area contributed by atoms with Crippen molar-refractivity contribution in [3.05, 3.63) is 121 Å². The SMILES string of the molecule is CO[C@H]1CCO[C@@]2(C)Oc3c(C)c(O)c4c(c3C2=O)C(=O)C(N2CCC(N(C)C3(C5CCN(c6nc7c(cc6F)c(=O)c(C(=O)O)cn7-c6ccc(F)cc6F)C5)CC3)CC2)=C(NC(=O)/C(C)=C\C=C\[C@H](C)[C@H](O)[C@@H](C)[C@@H](O)[C@@H](C)[C@H](OC(C)=O)[C@@H]1C)C4=O. The summed E-state index contributed by atoms with van der Waals surface area (Å²) in [5, 5.41) is 47.3. The number of hydrogen-bond donors (Lipinski definition) is 5. The van der Waals surface area contributed by atoms with E-state index in [1.165, 1.54) is 40.9 Å². The first-order chi connectivity index (χ1) is 42.0. The number of Topliss-reactive ketones (excluding diaryl/α,β-unsaturated/α-hetero) is 3. The Morgan fingerprint density at radius 2 is 1.55 bits per heavy atom. The molecule has 1 saturated carbocycles. The second kappa shape index (κ2) is 24.5. The van der Waals surface area contributed by atoms with Gasteiger partial charge in [-0.25, -0.2) is 22.9 Å². The van der Waals surface area contributed by atoms with Crippen molar-refractivity contribution in [2.75, 3.05) is 51.8 Å². The lowest BCUT2D eigenvalue weighted by molar-refractivity contribution is -0.164. The summed E-state index contributed by atoms with van der Waals surface area (Å²) in [6.45, 7) is 13.3. The van der Waals surface area contributed by atoms with E-state index in [0.29, 0.717) is 38.4 Å². The molecule has 0 radical (unpaired) electrons. The number of nitrogens with one attached hydrogen (secondary N) is 1. The number of rotatable bonds is 9. The van der Waals surface area contributed by atoms with Crippen molar-refractivity contribution in [1.82, 2.24) is 24.7 Å². The second-order valence-corrected chi connectivity index (χ2v) is 25.0. The van der Waals surface area contributed by atoms with Crippen LogP contribution in [0.1, 0.15) is 134 Å². The molecule has 11 rings (SSSR count). The van der Waals surface area contributed by atoms with Gasteiger partial charge in [-0.15, -0.1) is 0 Å². The number of hydrogen-bond acceptors (Lipinski definition) is 18. The number of aromatic hydroxyl groups is 1. The molecular formula is C65H75F3N6O15. The van der Waals surface area contributed by atoms with Crippen LogP contribution in [0.4, 0.5) is 19.0 Å². The number of carboxylic acid groups (broad SMARTS) is 1. The fourth-order valence-electron chi connectivity index (χ4n) is 14.1. The van der Waals surface area contributed by atoms with Crippen LogP contribution in [-0.2, 0) is 23.8 Å². The van der Waals surface area contributed by atoms with Crippen LogP contribution in [0.5, 0.6) is 11.5 Å². The fourth-order valence-corrected chi connectivity index (χ4v) is 14.1. The number of anilines is 1. The summed E-state index contributed by atoms with van der Waals surface area (Å²) in [5.74, 6) is -14.1. The molecule has 5 N–H and O–H groups in total. The summed E-state index contributed by atoms with van der Waals surface area (Å²) < 4.78 is 70.8. The smallest absolute Gasteiger partial charge is 0.341 e. The van der Waals surface area contributed by atoms with Gasteiger partial charge in [0, 0.05) is 106 Å². The number of aromatic nitrogens is 2. The summed E-state index contributed by atoms with van der Waals surface area (Å²) >= 11 is 0. The van der Waals surface area contributed by atoms with E-state index in [4.69, 9.17) is 18.9 Å². The normalized spacial score (nSPS) is 28.9. The van der Waals surface area contributed by atoms with Crippen LogP contribution >= 0.6 is 0 Å². The summed E-state index contributed by atoms with van der Waals surface area (Å²) in [7, 11) is 3.47. The topological polar surface area (TPSA) is 277 Å². The fraction of sp³-hybridized carbons (Fsp3) is 0.508. The molecule has 1 amide bonds. The van der Waals surface area contributed by atoms with E-state index in [-0.39, 0.29) is 88.9 Å². The number of carboxylic acids is 1. The minimum Gasteiger partial charge on any atom is -0.507 e. The van der Waals surface area contributed by atoms with Crippen LogP contribution < -0.4 is 20.4 Å². The van der Waals surface area contributed by atoms with Crippen molar-refractivity contribution in [2.45, 2.75) is 136 Å². The van der Waals surface area contributed by atoms with E-state index in [2.05, 4.69) is 15.2 Å². The summed E-state index contributed by atoms with van der Waals surface area (Å²) in [6.07, 6.45) is 4.82. The molecule has 3 fully saturated rings. The van der Waals surface area contributed by atoms with Crippen LogP contribution in [0.15, 0.2) is 70.5 Å². The number of benzene rings is 2. The number of amides is 1. The third-order valence-corrected chi connectivity index (χ3v) is 19.6. The maximum absolute atomic E-state index is 16.3. The highest BCUT2D eigenvalue weighted by atomic mass is 19.1. The maximum Gasteiger partial charge on any atom is 0.341 e. The van der Waals surface area contributed by atoms with Gasteiger partial charge in [-0.05, 0) is 83.5 Å². The molecule has 2 aromatic heterocycles. The minimum absolute atomic E-state index is 0.0324. The van der Waals surface area contributed by atoms with Crippen molar-refractivity contribution >= 4 is 52.0 Å². The summed E-state index contributed by atoms with van der Waals surface area (Å²) in [5.41, 5.74) is -4.47. The highest BCUT2D eigenvalue weighted by Crippen LogP contribution is 2.53. The third kappa shape index (κ3) is 11.4. The number of aliphatic hydroxyl groups is 2. The van der Waals surface area contributed by atoms with Gasteiger partial charge in [0.2, 0.25) is 22.8 Å². The van der Waals surface area contributed by atoms with Gasteiger partial charge in [0.25, 0.3) is 11.7 Å². The molecule has 476 valence electrons. The number of carbonyl (C=O) groups is 6. The first-order valence-corrected chi connectivity index (χ1v) is 30.1. The first kappa shape index (κ1) is 64.2. The van der Waals surface area contributed by atoms with E-state index < -0.39 is 145 Å². The van der Waals surface area contributed by atoms with Gasteiger partial charge in [-0.3, -0.25) is 38.2 Å². The molecule has 7 heterocycles. The molecule has 2 saturated heterocycles. The number of piperidine rings is 1. The van der Waals surface area contributed by atoms with E-state index in [1.807, 2.05) is 7.05 Å². The predicted molar refractivity (Wildman–Crippen MR) is 317 cm³/mol. The number of carbonyl (C=O) groups excluding carboxylic acids is 5. The van der Waals surface area contributed by atoms with Crippen molar-refractivity contribution in [2.24, 2.45) is 29.6 Å². The van der Waals surface area contributed by atoms with Gasteiger partial charge in [-0.1, -0.05) is 45.9 Å². The Morgan fingerprint density at radius 3 is 2.19 bits per heavy atom. The number of pyridine rings is 2. The highest BCUT2D eigenvalue weighted by Gasteiger charge is 2.57. The highest BCUT2D eigenvalue weighted by molar-refractivity contribution is 6.32.